The molecule has 4 heterocycles. The molecule has 10 nitrogen and oxygen atoms in total. The molecule has 1 atom stereocenters. The summed E-state index contributed by atoms with van der Waals surface area (Å²) in [6, 6.07) is 19.6. The van der Waals surface area contributed by atoms with E-state index in [-0.39, 0.29) is 16.5 Å². The van der Waals surface area contributed by atoms with Gasteiger partial charge in [-0.25, -0.2) is 4.98 Å². The topological polar surface area (TPSA) is 119 Å². The molecular weight excluding hydrogens is 599 g/mol. The monoisotopic (exact) mass is 627 g/mol. The normalized spacial score (nSPS) is 16.2. The quantitative estimate of drug-likeness (QED) is 0.0634. The van der Waals surface area contributed by atoms with Crippen LogP contribution in [-0.2, 0) is 15.3 Å². The van der Waals surface area contributed by atoms with Crippen molar-refractivity contribution in [2.75, 3.05) is 18.1 Å². The zero-order valence-corrected chi connectivity index (χ0v) is 25.9. The number of carbonyl (C=O) groups is 2. The van der Waals surface area contributed by atoms with Crippen molar-refractivity contribution in [2.24, 2.45) is 0 Å². The van der Waals surface area contributed by atoms with Gasteiger partial charge in [-0.2, -0.15) is 0 Å². The average molecular weight is 628 g/mol. The van der Waals surface area contributed by atoms with E-state index in [1.54, 1.807) is 47.9 Å². The lowest BCUT2D eigenvalue weighted by Gasteiger charge is -2.23. The molecule has 6 rings (SSSR count). The molecule has 0 aliphatic carbocycles. The van der Waals surface area contributed by atoms with Gasteiger partial charge in [0.1, 0.15) is 11.3 Å². The molecule has 1 N–H and O–H groups in total. The van der Waals surface area contributed by atoms with E-state index in [0.29, 0.717) is 57.4 Å². The van der Waals surface area contributed by atoms with Crippen LogP contribution in [-0.4, -0.2) is 49.6 Å². The number of pyridine rings is 1. The Morgan fingerprint density at radius 1 is 0.977 bits per heavy atom. The number of benzene rings is 2. The van der Waals surface area contributed by atoms with Crippen LogP contribution in [0.5, 0.6) is 11.5 Å². The van der Waals surface area contributed by atoms with Gasteiger partial charge in [-0.1, -0.05) is 65.6 Å². The first-order valence-electron chi connectivity index (χ1n) is 14.1. The molecule has 1 aliphatic rings. The summed E-state index contributed by atoms with van der Waals surface area (Å²) in [6.07, 6.45) is 1.75. The number of fused-ring (bicyclic) bond motifs is 1. The third-order valence-corrected chi connectivity index (χ3v) is 9.19. The molecule has 1 saturated heterocycles. The minimum absolute atomic E-state index is 0.0796. The van der Waals surface area contributed by atoms with Crippen molar-refractivity contribution < 1.29 is 24.2 Å². The number of amides is 1. The van der Waals surface area contributed by atoms with Crippen LogP contribution in [0.2, 0.25) is 0 Å². The second-order valence-electron chi connectivity index (χ2n) is 9.84. The van der Waals surface area contributed by atoms with Crippen molar-refractivity contribution in [3.63, 3.8) is 0 Å². The summed E-state index contributed by atoms with van der Waals surface area (Å²) >= 11 is 2.70. The number of hydrogen-bond acceptors (Lipinski definition) is 10. The van der Waals surface area contributed by atoms with E-state index in [2.05, 4.69) is 15.2 Å². The lowest BCUT2D eigenvalue weighted by molar-refractivity contribution is -0.132. The van der Waals surface area contributed by atoms with Gasteiger partial charge in [0.05, 0.1) is 30.5 Å². The molecule has 0 radical (unpaired) electrons. The highest BCUT2D eigenvalue weighted by Gasteiger charge is 2.49. The lowest BCUT2D eigenvalue weighted by atomic mass is 9.96. The number of carbonyl (C=O) groups excluding carboxylic acids is 2. The van der Waals surface area contributed by atoms with Gasteiger partial charge in [0.2, 0.25) is 5.13 Å². The summed E-state index contributed by atoms with van der Waals surface area (Å²) in [7, 11) is 0. The summed E-state index contributed by atoms with van der Waals surface area (Å²) in [4.78, 5) is 33.4. The maximum absolute atomic E-state index is 13.8. The van der Waals surface area contributed by atoms with Crippen LogP contribution in [0.15, 0.2) is 82.8 Å². The van der Waals surface area contributed by atoms with Gasteiger partial charge in [0, 0.05) is 11.9 Å². The van der Waals surface area contributed by atoms with Crippen LogP contribution in [0.25, 0.3) is 11.4 Å². The molecule has 12 heteroatoms. The van der Waals surface area contributed by atoms with Gasteiger partial charge >= 0.3 is 5.91 Å². The van der Waals surface area contributed by atoms with Crippen LogP contribution in [0.4, 0.5) is 5.13 Å². The Balaban J connectivity index is 1.48. The number of aliphatic hydroxyl groups excluding tert-OH is 1. The summed E-state index contributed by atoms with van der Waals surface area (Å²) in [6.45, 7) is 6.29. The first-order chi connectivity index (χ1) is 21.4. The van der Waals surface area contributed by atoms with E-state index in [1.807, 2.05) is 50.2 Å². The zero-order valence-electron chi connectivity index (χ0n) is 24.3. The van der Waals surface area contributed by atoms with Gasteiger partial charge in [-0.3, -0.25) is 18.9 Å². The molecule has 0 saturated carbocycles. The predicted molar refractivity (Wildman–Crippen MR) is 169 cm³/mol. The smallest absolute Gasteiger partial charge is 0.301 e. The second kappa shape index (κ2) is 12.5. The van der Waals surface area contributed by atoms with Crippen molar-refractivity contribution in [3.05, 3.63) is 101 Å². The number of aromatic nitrogens is 4. The molecule has 5 aromatic rings. The van der Waals surface area contributed by atoms with Crippen molar-refractivity contribution in [1.29, 1.82) is 0 Å². The van der Waals surface area contributed by atoms with E-state index in [0.717, 1.165) is 5.56 Å². The van der Waals surface area contributed by atoms with E-state index in [9.17, 15) is 14.7 Å². The van der Waals surface area contributed by atoms with E-state index >= 15 is 0 Å². The highest BCUT2D eigenvalue weighted by atomic mass is 32.2. The van der Waals surface area contributed by atoms with E-state index < -0.39 is 17.7 Å². The molecular formula is C32H29N5O5S2. The van der Waals surface area contributed by atoms with Crippen LogP contribution < -0.4 is 14.4 Å². The van der Waals surface area contributed by atoms with Gasteiger partial charge in [-0.15, -0.1) is 10.2 Å². The Labute approximate surface area is 262 Å². The summed E-state index contributed by atoms with van der Waals surface area (Å²) in [5, 5.41) is 20.7. The fourth-order valence-corrected chi connectivity index (χ4v) is 7.01. The Kier molecular flexibility index (Phi) is 8.36. The van der Waals surface area contributed by atoms with E-state index in [4.69, 9.17) is 9.47 Å². The highest BCUT2D eigenvalue weighted by molar-refractivity contribution is 8.00. The van der Waals surface area contributed by atoms with Crippen LogP contribution in [0.3, 0.4) is 0 Å². The summed E-state index contributed by atoms with van der Waals surface area (Å²) in [5.41, 5.74) is 3.02. The van der Waals surface area contributed by atoms with Crippen LogP contribution >= 0.6 is 23.1 Å². The predicted octanol–water partition coefficient (Wildman–Crippen LogP) is 6.21. The van der Waals surface area contributed by atoms with Crippen molar-refractivity contribution in [3.8, 4) is 11.5 Å². The maximum atomic E-state index is 13.8. The largest absolute Gasteiger partial charge is 0.505 e. The van der Waals surface area contributed by atoms with E-state index in [1.165, 1.54) is 28.0 Å². The SMILES string of the molecule is CCOc1ccc(C2/C(=C(\O)c3c(C)nc4ccccn34)C(=O)C(=O)N2c2nnc(SCc3ccccc3)s2)cc1OCC. The average Bonchev–Trinajstić information content (AvgIpc) is 3.71. The van der Waals surface area contributed by atoms with Crippen LogP contribution in [0, 0.1) is 6.92 Å². The number of nitrogens with zero attached hydrogens (tertiary/aromatic N) is 5. The number of ether oxygens (including phenoxy) is 2. The molecule has 1 unspecified atom stereocenters. The van der Waals surface area contributed by atoms with Crippen molar-refractivity contribution >= 4 is 51.3 Å². The lowest BCUT2D eigenvalue weighted by Crippen LogP contribution is -2.29. The second-order valence-corrected chi connectivity index (χ2v) is 12.0. The highest BCUT2D eigenvalue weighted by Crippen LogP contribution is 2.46. The number of Topliss-reactive ketones (excluding diaryl/α,β-unsaturated/α-hetero) is 1. The van der Waals surface area contributed by atoms with Crippen molar-refractivity contribution in [1.82, 2.24) is 19.6 Å². The Hall–Kier alpha value is -4.68. The van der Waals surface area contributed by atoms with Gasteiger partial charge < -0.3 is 14.6 Å². The molecule has 2 aromatic carbocycles. The Bertz CT molecular complexity index is 1880. The Morgan fingerprint density at radius 3 is 2.50 bits per heavy atom. The fraction of sp³-hybridized carbons (Fsp3) is 0.219. The molecule has 1 fully saturated rings. The number of aliphatic hydroxyl groups is 1. The maximum Gasteiger partial charge on any atom is 0.301 e. The number of rotatable bonds is 10. The molecule has 0 bridgehead atoms. The molecule has 3 aromatic heterocycles. The fourth-order valence-electron chi connectivity index (χ4n) is 5.19. The minimum atomic E-state index is -1.02. The zero-order chi connectivity index (χ0) is 30.8. The molecule has 224 valence electrons. The third kappa shape index (κ3) is 5.42. The number of hydrogen-bond donors (Lipinski definition) is 1. The summed E-state index contributed by atoms with van der Waals surface area (Å²) in [5.74, 6) is -0.323. The van der Waals surface area contributed by atoms with Crippen LogP contribution in [0.1, 0.15) is 42.4 Å². The van der Waals surface area contributed by atoms with Crippen molar-refractivity contribution in [2.45, 2.75) is 36.9 Å². The van der Waals surface area contributed by atoms with Gasteiger partial charge in [0.25, 0.3) is 5.78 Å². The number of thioether (sulfide) groups is 1. The third-order valence-electron chi connectivity index (χ3n) is 7.06. The van der Waals surface area contributed by atoms with Gasteiger partial charge in [-0.05, 0) is 56.2 Å². The number of imidazole rings is 1. The van der Waals surface area contributed by atoms with Gasteiger partial charge in [0.15, 0.2) is 21.6 Å². The molecule has 1 amide bonds. The molecule has 1 aliphatic heterocycles. The number of aryl methyl sites for hydroxylation is 1. The minimum Gasteiger partial charge on any atom is -0.505 e. The molecule has 44 heavy (non-hydrogen) atoms. The number of ketones is 1. The first kappa shape index (κ1) is 29.4. The number of anilines is 1. The molecule has 0 spiro atoms. The standard InChI is InChI=1S/C32H29N5O5S2/c1-4-41-22-15-14-21(17-23(22)42-5-2)27-25(28(38)26-19(3)33-24-13-9-10-16-36(24)26)29(39)30(40)37(27)31-34-35-32(44-31)43-18-20-11-7-6-8-12-20/h6-17,27,38H,4-5,18H2,1-3H3/b28-25+. The first-order valence-corrected chi connectivity index (χ1v) is 15.9. The summed E-state index contributed by atoms with van der Waals surface area (Å²) < 4.78 is 14.0. The Morgan fingerprint density at radius 2 is 1.73 bits per heavy atom.